The minimum atomic E-state index is -3.02. The van der Waals surface area contributed by atoms with Crippen molar-refractivity contribution >= 4 is 9.84 Å². The summed E-state index contributed by atoms with van der Waals surface area (Å²) in [6, 6.07) is 0. The van der Waals surface area contributed by atoms with Crippen LogP contribution in [0.3, 0.4) is 0 Å². The van der Waals surface area contributed by atoms with Crippen molar-refractivity contribution in [2.45, 2.75) is 50.8 Å². The maximum atomic E-state index is 12.1. The zero-order valence-corrected chi connectivity index (χ0v) is 11.5. The summed E-state index contributed by atoms with van der Waals surface area (Å²) < 4.78 is 26.3. The van der Waals surface area contributed by atoms with Gasteiger partial charge in [0, 0.05) is 13.0 Å². The highest BCUT2D eigenvalue weighted by Crippen LogP contribution is 2.34. The minimum Gasteiger partial charge on any atom is -0.314 e. The van der Waals surface area contributed by atoms with Crippen LogP contribution in [-0.2, 0) is 22.8 Å². The lowest BCUT2D eigenvalue weighted by atomic mass is 10.00. The molecule has 2 aliphatic rings. The predicted molar refractivity (Wildman–Crippen MR) is 67.9 cm³/mol. The van der Waals surface area contributed by atoms with Crippen LogP contribution < -0.4 is 0 Å². The summed E-state index contributed by atoms with van der Waals surface area (Å²) in [6.45, 7) is 3.07. The van der Waals surface area contributed by atoms with Crippen molar-refractivity contribution in [3.05, 3.63) is 11.6 Å². The van der Waals surface area contributed by atoms with Gasteiger partial charge >= 0.3 is 0 Å². The molecule has 3 heterocycles. The van der Waals surface area contributed by atoms with Gasteiger partial charge in [-0.15, -0.1) is 10.2 Å². The van der Waals surface area contributed by atoms with Gasteiger partial charge < -0.3 is 4.57 Å². The minimum absolute atomic E-state index is 0.302. The Kier molecular flexibility index (Phi) is 2.92. The Bertz CT molecular complexity index is 550. The van der Waals surface area contributed by atoms with Gasteiger partial charge in [0.05, 0.1) is 5.75 Å². The topological polar surface area (TPSA) is 64.8 Å². The van der Waals surface area contributed by atoms with E-state index in [9.17, 15) is 8.42 Å². The highest BCUT2D eigenvalue weighted by Gasteiger charge is 2.35. The van der Waals surface area contributed by atoms with E-state index in [1.165, 1.54) is 0 Å². The molecule has 1 fully saturated rings. The zero-order chi connectivity index (χ0) is 12.8. The first kappa shape index (κ1) is 12.1. The molecule has 1 aromatic heterocycles. The smallest absolute Gasteiger partial charge is 0.160 e. The molecule has 0 amide bonds. The fourth-order valence-corrected chi connectivity index (χ4v) is 4.90. The molecule has 3 rings (SSSR count). The van der Waals surface area contributed by atoms with Gasteiger partial charge in [-0.05, 0) is 25.2 Å². The van der Waals surface area contributed by atoms with Gasteiger partial charge in [0.2, 0.25) is 0 Å². The van der Waals surface area contributed by atoms with E-state index in [4.69, 9.17) is 0 Å². The number of hydrogen-bond donors (Lipinski definition) is 0. The van der Waals surface area contributed by atoms with E-state index in [1.807, 2.05) is 4.57 Å². The average Bonchev–Trinajstić information content (AvgIpc) is 2.71. The third-order valence-corrected chi connectivity index (χ3v) is 6.27. The van der Waals surface area contributed by atoms with E-state index in [1.54, 1.807) is 0 Å². The highest BCUT2D eigenvalue weighted by atomic mass is 32.2. The Morgan fingerprint density at radius 2 is 2.06 bits per heavy atom. The Hall–Kier alpha value is -0.910. The molecule has 2 aliphatic heterocycles. The molecular formula is C12H19N3O2S. The molecule has 0 aliphatic carbocycles. The predicted octanol–water partition coefficient (Wildman–Crippen LogP) is 1.50. The van der Waals surface area contributed by atoms with Crippen molar-refractivity contribution in [1.29, 1.82) is 0 Å². The fraction of sp³-hybridized carbons (Fsp3) is 0.833. The molecule has 0 N–H and O–H groups in total. The number of sulfone groups is 1. The number of nitrogens with zero attached hydrogens (tertiary/aromatic N) is 3. The lowest BCUT2D eigenvalue weighted by molar-refractivity contribution is 0.398. The van der Waals surface area contributed by atoms with Crippen LogP contribution in [0.25, 0.3) is 0 Å². The second kappa shape index (κ2) is 4.33. The molecule has 18 heavy (non-hydrogen) atoms. The van der Waals surface area contributed by atoms with Crippen LogP contribution in [0.5, 0.6) is 0 Å². The second-order valence-corrected chi connectivity index (χ2v) is 7.88. The lowest BCUT2D eigenvalue weighted by Gasteiger charge is -2.25. The Morgan fingerprint density at radius 3 is 2.83 bits per heavy atom. The molecule has 5 nitrogen and oxygen atoms in total. The monoisotopic (exact) mass is 269 g/mol. The van der Waals surface area contributed by atoms with Crippen molar-refractivity contribution in [2.24, 2.45) is 5.92 Å². The standard InChI is InChI=1S/C12H19N3O2S/c1-9-5-6-15-11(8-9)13-14-12(15)10-4-2-3-7-18(10,16)17/h9-10H,2-8H2,1H3. The number of hydrogen-bond acceptors (Lipinski definition) is 4. The summed E-state index contributed by atoms with van der Waals surface area (Å²) in [5.74, 6) is 2.58. The molecule has 0 spiro atoms. The Labute approximate surface area is 108 Å². The van der Waals surface area contributed by atoms with Gasteiger partial charge in [0.25, 0.3) is 0 Å². The fourth-order valence-electron chi connectivity index (χ4n) is 2.99. The molecule has 0 saturated carbocycles. The SMILES string of the molecule is CC1CCn2c(nnc2C2CCCCS2(=O)=O)C1. The van der Waals surface area contributed by atoms with Crippen LogP contribution in [0.1, 0.15) is 49.5 Å². The van der Waals surface area contributed by atoms with Crippen LogP contribution in [0, 0.1) is 5.92 Å². The molecule has 0 radical (unpaired) electrons. The van der Waals surface area contributed by atoms with E-state index < -0.39 is 15.1 Å². The molecule has 1 saturated heterocycles. The van der Waals surface area contributed by atoms with Crippen LogP contribution in [0.2, 0.25) is 0 Å². The number of aromatic nitrogens is 3. The van der Waals surface area contributed by atoms with E-state index >= 15 is 0 Å². The van der Waals surface area contributed by atoms with Gasteiger partial charge in [0.1, 0.15) is 11.1 Å². The summed E-state index contributed by atoms with van der Waals surface area (Å²) in [5, 5.41) is 7.97. The number of fused-ring (bicyclic) bond motifs is 1. The Morgan fingerprint density at radius 1 is 1.22 bits per heavy atom. The van der Waals surface area contributed by atoms with Crippen LogP contribution >= 0.6 is 0 Å². The molecule has 2 unspecified atom stereocenters. The lowest BCUT2D eigenvalue weighted by Crippen LogP contribution is -2.26. The normalized spacial score (nSPS) is 30.9. The largest absolute Gasteiger partial charge is 0.314 e. The van der Waals surface area contributed by atoms with Crippen molar-refractivity contribution in [3.8, 4) is 0 Å². The van der Waals surface area contributed by atoms with Crippen LogP contribution in [0.15, 0.2) is 0 Å². The van der Waals surface area contributed by atoms with Crippen LogP contribution in [0.4, 0.5) is 0 Å². The molecule has 6 heteroatoms. The highest BCUT2D eigenvalue weighted by molar-refractivity contribution is 7.91. The van der Waals surface area contributed by atoms with Gasteiger partial charge in [-0.25, -0.2) is 8.42 Å². The number of rotatable bonds is 1. The van der Waals surface area contributed by atoms with Gasteiger partial charge in [-0.1, -0.05) is 13.3 Å². The summed E-state index contributed by atoms with van der Waals surface area (Å²) in [7, 11) is -3.02. The van der Waals surface area contributed by atoms with E-state index in [-0.39, 0.29) is 0 Å². The first-order chi connectivity index (χ1) is 8.58. The van der Waals surface area contributed by atoms with Crippen molar-refractivity contribution in [1.82, 2.24) is 14.8 Å². The summed E-state index contributed by atoms with van der Waals surface area (Å²) in [6.07, 6.45) is 4.47. The van der Waals surface area contributed by atoms with E-state index in [0.29, 0.717) is 23.9 Å². The maximum absolute atomic E-state index is 12.1. The quantitative estimate of drug-likeness (QED) is 0.775. The van der Waals surface area contributed by atoms with Gasteiger partial charge in [-0.3, -0.25) is 0 Å². The van der Waals surface area contributed by atoms with Gasteiger partial charge in [0.15, 0.2) is 15.7 Å². The van der Waals surface area contributed by atoms with E-state index in [0.717, 1.165) is 38.1 Å². The molecular weight excluding hydrogens is 250 g/mol. The third-order valence-electron chi connectivity index (χ3n) is 4.10. The van der Waals surface area contributed by atoms with E-state index in [2.05, 4.69) is 17.1 Å². The van der Waals surface area contributed by atoms with Crippen LogP contribution in [-0.4, -0.2) is 28.9 Å². The Balaban J connectivity index is 1.98. The molecule has 1 aromatic rings. The van der Waals surface area contributed by atoms with Gasteiger partial charge in [-0.2, -0.15) is 0 Å². The first-order valence-corrected chi connectivity index (χ1v) is 8.43. The maximum Gasteiger partial charge on any atom is 0.160 e. The average molecular weight is 269 g/mol. The third kappa shape index (κ3) is 1.96. The molecule has 100 valence electrons. The van der Waals surface area contributed by atoms with Crippen molar-refractivity contribution < 1.29 is 8.42 Å². The summed E-state index contributed by atoms with van der Waals surface area (Å²) in [4.78, 5) is 0. The molecule has 0 aromatic carbocycles. The second-order valence-electron chi connectivity index (χ2n) is 5.58. The summed E-state index contributed by atoms with van der Waals surface area (Å²) >= 11 is 0. The van der Waals surface area contributed by atoms with Crippen molar-refractivity contribution in [3.63, 3.8) is 0 Å². The molecule has 2 atom stereocenters. The van der Waals surface area contributed by atoms with Crippen molar-refractivity contribution in [2.75, 3.05) is 5.75 Å². The summed E-state index contributed by atoms with van der Waals surface area (Å²) in [5.41, 5.74) is 0. The molecule has 0 bridgehead atoms. The zero-order valence-electron chi connectivity index (χ0n) is 10.7. The first-order valence-electron chi connectivity index (χ1n) is 6.71.